The first-order valence-electron chi connectivity index (χ1n) is 3.51. The number of nitriles is 1. The molecule has 0 aliphatic heterocycles. The van der Waals surface area contributed by atoms with Crippen molar-refractivity contribution in [2.75, 3.05) is 0 Å². The molecule has 3 heteroatoms. The third-order valence-corrected chi connectivity index (χ3v) is 1.65. The average molecular weight is 163 g/mol. The molecule has 0 aromatic heterocycles. The van der Waals surface area contributed by atoms with Gasteiger partial charge in [-0.2, -0.15) is 0 Å². The summed E-state index contributed by atoms with van der Waals surface area (Å²) >= 11 is 0. The molecule has 0 heterocycles. The van der Waals surface area contributed by atoms with E-state index in [9.17, 15) is 5.11 Å². The van der Waals surface area contributed by atoms with Gasteiger partial charge in [0.05, 0.1) is 0 Å². The van der Waals surface area contributed by atoms with Crippen molar-refractivity contribution < 1.29 is 9.84 Å². The summed E-state index contributed by atoms with van der Waals surface area (Å²) in [6, 6.07) is 3.20. The van der Waals surface area contributed by atoms with E-state index in [0.29, 0.717) is 5.75 Å². The van der Waals surface area contributed by atoms with E-state index in [2.05, 4.69) is 4.74 Å². The van der Waals surface area contributed by atoms with Crippen LogP contribution in [0.4, 0.5) is 0 Å². The Morgan fingerprint density at radius 1 is 1.33 bits per heavy atom. The maximum atomic E-state index is 9.26. The lowest BCUT2D eigenvalue weighted by Crippen LogP contribution is -1.87. The van der Waals surface area contributed by atoms with Crippen LogP contribution in [0.5, 0.6) is 11.5 Å². The van der Waals surface area contributed by atoms with Crippen molar-refractivity contribution in [3.8, 4) is 17.8 Å². The second kappa shape index (κ2) is 3.14. The molecule has 0 saturated heterocycles. The molecule has 0 atom stereocenters. The standard InChI is InChI=1S/C9H9NO2/c1-6-3-7(2)9(12-5-10)4-8(6)11/h3-4,11H,1-2H3. The fraction of sp³-hybridized carbons (Fsp3) is 0.222. The minimum atomic E-state index is 0.144. The summed E-state index contributed by atoms with van der Waals surface area (Å²) in [6.45, 7) is 3.61. The van der Waals surface area contributed by atoms with Gasteiger partial charge in [0.15, 0.2) is 0 Å². The molecule has 0 radical (unpaired) electrons. The lowest BCUT2D eigenvalue weighted by Gasteiger charge is -2.04. The SMILES string of the molecule is Cc1cc(C)c(OC#N)cc1O. The minimum Gasteiger partial charge on any atom is -0.508 e. The van der Waals surface area contributed by atoms with E-state index in [4.69, 9.17) is 5.26 Å². The van der Waals surface area contributed by atoms with Crippen LogP contribution in [-0.2, 0) is 0 Å². The van der Waals surface area contributed by atoms with Crippen LogP contribution in [0.2, 0.25) is 0 Å². The van der Waals surface area contributed by atoms with Crippen molar-refractivity contribution in [1.29, 1.82) is 5.26 Å². The Labute approximate surface area is 70.8 Å². The van der Waals surface area contributed by atoms with E-state index < -0.39 is 0 Å². The van der Waals surface area contributed by atoms with Crippen molar-refractivity contribution in [3.05, 3.63) is 23.3 Å². The first-order valence-corrected chi connectivity index (χ1v) is 3.51. The molecule has 62 valence electrons. The predicted molar refractivity (Wildman–Crippen MR) is 43.8 cm³/mol. The molecular formula is C9H9NO2. The molecule has 1 rings (SSSR count). The average Bonchev–Trinajstić information content (AvgIpc) is 2.01. The summed E-state index contributed by atoms with van der Waals surface area (Å²) in [5, 5.41) is 17.5. The van der Waals surface area contributed by atoms with Gasteiger partial charge in [-0.25, -0.2) is 0 Å². The Balaban J connectivity index is 3.16. The number of rotatable bonds is 1. The molecule has 12 heavy (non-hydrogen) atoms. The summed E-state index contributed by atoms with van der Waals surface area (Å²) in [4.78, 5) is 0. The zero-order valence-electron chi connectivity index (χ0n) is 6.96. The van der Waals surface area contributed by atoms with Gasteiger partial charge >= 0.3 is 0 Å². The van der Waals surface area contributed by atoms with Crippen molar-refractivity contribution in [2.45, 2.75) is 13.8 Å². The zero-order chi connectivity index (χ0) is 9.14. The summed E-state index contributed by atoms with van der Waals surface area (Å²) in [6.07, 6.45) is 1.56. The minimum absolute atomic E-state index is 0.144. The fourth-order valence-electron chi connectivity index (χ4n) is 0.981. The lowest BCUT2D eigenvalue weighted by atomic mass is 10.1. The van der Waals surface area contributed by atoms with Gasteiger partial charge in [-0.3, -0.25) is 0 Å². The molecule has 0 fully saturated rings. The van der Waals surface area contributed by atoms with Gasteiger partial charge in [0.2, 0.25) is 0 Å². The molecule has 0 saturated carbocycles. The molecule has 1 aromatic rings. The number of ether oxygens (including phenoxy) is 1. The third-order valence-electron chi connectivity index (χ3n) is 1.65. The highest BCUT2D eigenvalue weighted by molar-refractivity contribution is 5.44. The number of hydrogen-bond acceptors (Lipinski definition) is 3. The number of aryl methyl sites for hydroxylation is 2. The Morgan fingerprint density at radius 2 is 2.00 bits per heavy atom. The van der Waals surface area contributed by atoms with Gasteiger partial charge < -0.3 is 9.84 Å². The summed E-state index contributed by atoms with van der Waals surface area (Å²) in [5.41, 5.74) is 1.62. The molecule has 0 unspecified atom stereocenters. The van der Waals surface area contributed by atoms with Crippen LogP contribution in [-0.4, -0.2) is 5.11 Å². The molecule has 1 N–H and O–H groups in total. The van der Waals surface area contributed by atoms with E-state index in [0.717, 1.165) is 11.1 Å². The topological polar surface area (TPSA) is 53.2 Å². The Bertz CT molecular complexity index is 339. The van der Waals surface area contributed by atoms with Crippen LogP contribution in [0.1, 0.15) is 11.1 Å². The van der Waals surface area contributed by atoms with E-state index in [-0.39, 0.29) is 5.75 Å². The van der Waals surface area contributed by atoms with Gasteiger partial charge in [0.25, 0.3) is 6.26 Å². The van der Waals surface area contributed by atoms with Crippen LogP contribution < -0.4 is 4.74 Å². The molecule has 3 nitrogen and oxygen atoms in total. The fourth-order valence-corrected chi connectivity index (χ4v) is 0.981. The quantitative estimate of drug-likeness (QED) is 0.643. The van der Waals surface area contributed by atoms with Gasteiger partial charge in [-0.15, -0.1) is 5.26 Å². The van der Waals surface area contributed by atoms with Gasteiger partial charge in [-0.1, -0.05) is 0 Å². The van der Waals surface area contributed by atoms with Crippen LogP contribution in [0, 0.1) is 25.4 Å². The number of phenols is 1. The van der Waals surface area contributed by atoms with Crippen molar-refractivity contribution in [2.24, 2.45) is 0 Å². The van der Waals surface area contributed by atoms with E-state index in [1.807, 2.05) is 6.92 Å². The number of benzene rings is 1. The van der Waals surface area contributed by atoms with Gasteiger partial charge in [0.1, 0.15) is 11.5 Å². The number of nitrogens with zero attached hydrogens (tertiary/aromatic N) is 1. The van der Waals surface area contributed by atoms with Crippen molar-refractivity contribution in [1.82, 2.24) is 0 Å². The van der Waals surface area contributed by atoms with Crippen LogP contribution in [0.3, 0.4) is 0 Å². The first-order chi connectivity index (χ1) is 5.65. The summed E-state index contributed by atoms with van der Waals surface area (Å²) in [5.74, 6) is 0.548. The molecule has 0 aliphatic carbocycles. The molecule has 1 aromatic carbocycles. The molecule has 0 amide bonds. The Morgan fingerprint density at radius 3 is 2.58 bits per heavy atom. The van der Waals surface area contributed by atoms with Crippen molar-refractivity contribution in [3.63, 3.8) is 0 Å². The highest BCUT2D eigenvalue weighted by Gasteiger charge is 2.03. The highest BCUT2D eigenvalue weighted by atomic mass is 16.5. The maximum Gasteiger partial charge on any atom is 0.292 e. The summed E-state index contributed by atoms with van der Waals surface area (Å²) < 4.78 is 4.62. The largest absolute Gasteiger partial charge is 0.508 e. The highest BCUT2D eigenvalue weighted by Crippen LogP contribution is 2.26. The molecular weight excluding hydrogens is 154 g/mol. The Hall–Kier alpha value is -1.69. The lowest BCUT2D eigenvalue weighted by molar-refractivity contribution is 0.457. The smallest absolute Gasteiger partial charge is 0.292 e. The second-order valence-electron chi connectivity index (χ2n) is 2.60. The van der Waals surface area contributed by atoms with E-state index >= 15 is 0 Å². The number of phenolic OH excluding ortho intramolecular Hbond substituents is 1. The maximum absolute atomic E-state index is 9.26. The van der Waals surface area contributed by atoms with E-state index in [1.165, 1.54) is 6.07 Å². The first kappa shape index (κ1) is 8.41. The van der Waals surface area contributed by atoms with Crippen LogP contribution >= 0.6 is 0 Å². The van der Waals surface area contributed by atoms with Gasteiger partial charge in [-0.05, 0) is 31.0 Å². The number of aromatic hydroxyl groups is 1. The van der Waals surface area contributed by atoms with Crippen LogP contribution in [0.15, 0.2) is 12.1 Å². The second-order valence-corrected chi connectivity index (χ2v) is 2.60. The molecule has 0 bridgehead atoms. The zero-order valence-corrected chi connectivity index (χ0v) is 6.96. The third kappa shape index (κ3) is 1.48. The Kier molecular flexibility index (Phi) is 2.20. The summed E-state index contributed by atoms with van der Waals surface area (Å²) in [7, 11) is 0. The molecule has 0 aliphatic rings. The monoisotopic (exact) mass is 163 g/mol. The predicted octanol–water partition coefficient (Wildman–Crippen LogP) is 1.87. The van der Waals surface area contributed by atoms with E-state index in [1.54, 1.807) is 19.2 Å². The normalized spacial score (nSPS) is 9.08. The van der Waals surface area contributed by atoms with Crippen molar-refractivity contribution >= 4 is 0 Å². The molecule has 0 spiro atoms. The van der Waals surface area contributed by atoms with Gasteiger partial charge in [0, 0.05) is 6.07 Å². The number of hydrogen-bond donors (Lipinski definition) is 1. The van der Waals surface area contributed by atoms with Crippen LogP contribution in [0.25, 0.3) is 0 Å².